The van der Waals surface area contributed by atoms with Gasteiger partial charge >= 0.3 is 0 Å². The molecule has 1 heterocycles. The van der Waals surface area contributed by atoms with E-state index in [1.807, 2.05) is 27.1 Å². The highest BCUT2D eigenvalue weighted by Gasteiger charge is 2.10. The van der Waals surface area contributed by atoms with Gasteiger partial charge in [0.1, 0.15) is 0 Å². The highest BCUT2D eigenvalue weighted by Crippen LogP contribution is 2.17. The summed E-state index contributed by atoms with van der Waals surface area (Å²) in [4.78, 5) is 4.50. The zero-order valence-corrected chi connectivity index (χ0v) is 14.2. The van der Waals surface area contributed by atoms with Gasteiger partial charge in [0.15, 0.2) is 17.6 Å². The third-order valence-corrected chi connectivity index (χ3v) is 3.61. The topological polar surface area (TPSA) is 54.2 Å². The minimum atomic E-state index is -0.828. The highest BCUT2D eigenvalue weighted by atomic mass is 19.2. The van der Waals surface area contributed by atoms with Crippen LogP contribution in [0.5, 0.6) is 0 Å². The first-order chi connectivity index (χ1) is 11.5. The first-order valence-electron chi connectivity index (χ1n) is 7.94. The molecule has 24 heavy (non-hydrogen) atoms. The maximum atomic E-state index is 13.3. The molecular weight excluding hydrogens is 312 g/mol. The van der Waals surface area contributed by atoms with E-state index in [-0.39, 0.29) is 5.92 Å². The van der Waals surface area contributed by atoms with Crippen LogP contribution in [-0.4, -0.2) is 28.8 Å². The predicted molar refractivity (Wildman–Crippen MR) is 90.8 cm³/mol. The molecule has 0 radical (unpaired) electrons. The van der Waals surface area contributed by atoms with Crippen molar-refractivity contribution in [3.63, 3.8) is 0 Å². The average molecular weight is 335 g/mol. The molecule has 0 bridgehead atoms. The lowest BCUT2D eigenvalue weighted by atomic mass is 10.0. The van der Waals surface area contributed by atoms with Gasteiger partial charge in [-0.1, -0.05) is 13.0 Å². The molecule has 1 aromatic carbocycles. The van der Waals surface area contributed by atoms with E-state index in [0.717, 1.165) is 23.7 Å². The van der Waals surface area contributed by atoms with Gasteiger partial charge in [-0.2, -0.15) is 5.10 Å². The number of rotatable bonds is 6. The van der Waals surface area contributed by atoms with E-state index in [9.17, 15) is 8.78 Å². The first-order valence-corrected chi connectivity index (χ1v) is 7.94. The quantitative estimate of drug-likeness (QED) is 0.630. The molecule has 2 rings (SSSR count). The molecule has 0 aliphatic rings. The zero-order valence-electron chi connectivity index (χ0n) is 14.2. The van der Waals surface area contributed by atoms with Crippen molar-refractivity contribution in [1.82, 2.24) is 20.4 Å². The molecule has 0 fully saturated rings. The van der Waals surface area contributed by atoms with Crippen LogP contribution in [0.4, 0.5) is 8.78 Å². The number of nitrogens with one attached hydrogen (secondary N) is 2. The van der Waals surface area contributed by atoms with Crippen molar-refractivity contribution in [1.29, 1.82) is 0 Å². The summed E-state index contributed by atoms with van der Waals surface area (Å²) in [5.74, 6) is -0.958. The number of halogens is 2. The minimum absolute atomic E-state index is 0.0161. The number of hydrogen-bond acceptors (Lipinski definition) is 2. The molecule has 0 aliphatic heterocycles. The molecule has 7 heteroatoms. The molecule has 0 saturated carbocycles. The van der Waals surface area contributed by atoms with E-state index in [4.69, 9.17) is 0 Å². The van der Waals surface area contributed by atoms with Crippen LogP contribution in [0, 0.1) is 11.6 Å². The number of aryl methyl sites for hydroxylation is 1. The van der Waals surface area contributed by atoms with E-state index in [0.29, 0.717) is 19.0 Å². The summed E-state index contributed by atoms with van der Waals surface area (Å²) in [5.41, 5.74) is 1.76. The zero-order chi connectivity index (χ0) is 17.5. The van der Waals surface area contributed by atoms with Crippen LogP contribution in [0.1, 0.15) is 30.9 Å². The Bertz CT molecular complexity index is 696. The van der Waals surface area contributed by atoms with Gasteiger partial charge < -0.3 is 10.6 Å². The molecular formula is C17H23F2N5. The monoisotopic (exact) mass is 335 g/mol. The number of aliphatic imine (C=N–C) groups is 1. The van der Waals surface area contributed by atoms with Gasteiger partial charge in [0, 0.05) is 31.9 Å². The molecule has 0 spiro atoms. The summed E-state index contributed by atoms with van der Waals surface area (Å²) in [7, 11) is 1.86. The Morgan fingerprint density at radius 3 is 2.71 bits per heavy atom. The Hall–Kier alpha value is -2.44. The Balaban J connectivity index is 1.95. The van der Waals surface area contributed by atoms with E-state index in [1.54, 1.807) is 16.9 Å². The summed E-state index contributed by atoms with van der Waals surface area (Å²) in [6.07, 6.45) is 3.69. The Morgan fingerprint density at radius 2 is 2.08 bits per heavy atom. The van der Waals surface area contributed by atoms with Crippen molar-refractivity contribution in [2.75, 3.05) is 13.1 Å². The Kier molecular flexibility index (Phi) is 6.28. The van der Waals surface area contributed by atoms with E-state index < -0.39 is 11.6 Å². The van der Waals surface area contributed by atoms with Crippen molar-refractivity contribution in [3.8, 4) is 0 Å². The molecule has 0 saturated heterocycles. The van der Waals surface area contributed by atoms with Crippen LogP contribution in [0.3, 0.4) is 0 Å². The summed E-state index contributed by atoms with van der Waals surface area (Å²) in [6.45, 7) is 5.75. The maximum Gasteiger partial charge on any atom is 0.191 e. The van der Waals surface area contributed by atoms with Crippen LogP contribution in [-0.2, 0) is 13.6 Å². The van der Waals surface area contributed by atoms with Gasteiger partial charge in [0.25, 0.3) is 0 Å². The van der Waals surface area contributed by atoms with Crippen LogP contribution >= 0.6 is 0 Å². The Labute approximate surface area is 140 Å². The number of aromatic nitrogens is 2. The molecule has 5 nitrogen and oxygen atoms in total. The fourth-order valence-electron chi connectivity index (χ4n) is 2.25. The summed E-state index contributed by atoms with van der Waals surface area (Å²) >= 11 is 0. The molecule has 1 aromatic heterocycles. The van der Waals surface area contributed by atoms with Crippen molar-refractivity contribution in [3.05, 3.63) is 53.4 Å². The third kappa shape index (κ3) is 5.04. The maximum absolute atomic E-state index is 13.3. The van der Waals surface area contributed by atoms with Gasteiger partial charge in [0.2, 0.25) is 0 Å². The SMILES string of the molecule is CCNC(=NCc1cnn(C)c1)NCC(C)c1ccc(F)c(F)c1. The molecule has 0 aliphatic carbocycles. The second-order valence-electron chi connectivity index (χ2n) is 5.67. The third-order valence-electron chi connectivity index (χ3n) is 3.61. The lowest BCUT2D eigenvalue weighted by molar-refractivity contribution is 0.505. The molecule has 2 aromatic rings. The van der Waals surface area contributed by atoms with Gasteiger partial charge in [0.05, 0.1) is 12.7 Å². The van der Waals surface area contributed by atoms with Gasteiger partial charge in [-0.15, -0.1) is 0 Å². The first kappa shape index (κ1) is 17.9. The Morgan fingerprint density at radius 1 is 1.29 bits per heavy atom. The van der Waals surface area contributed by atoms with Crippen molar-refractivity contribution in [2.24, 2.45) is 12.0 Å². The molecule has 1 atom stereocenters. The second kappa shape index (κ2) is 8.42. The highest BCUT2D eigenvalue weighted by molar-refractivity contribution is 5.79. The molecule has 1 unspecified atom stereocenters. The fraction of sp³-hybridized carbons (Fsp3) is 0.412. The van der Waals surface area contributed by atoms with Crippen LogP contribution in [0.25, 0.3) is 0 Å². The normalized spacial score (nSPS) is 13.0. The summed E-state index contributed by atoms with van der Waals surface area (Å²) in [6, 6.07) is 3.99. The van der Waals surface area contributed by atoms with Crippen LogP contribution in [0.2, 0.25) is 0 Å². The number of benzene rings is 1. The summed E-state index contributed by atoms with van der Waals surface area (Å²) < 4.78 is 28.1. The van der Waals surface area contributed by atoms with E-state index in [1.165, 1.54) is 6.07 Å². The van der Waals surface area contributed by atoms with Crippen LogP contribution in [0.15, 0.2) is 35.6 Å². The molecule has 2 N–H and O–H groups in total. The lowest BCUT2D eigenvalue weighted by Gasteiger charge is -2.16. The fourth-order valence-corrected chi connectivity index (χ4v) is 2.25. The second-order valence-corrected chi connectivity index (χ2v) is 5.67. The average Bonchev–Trinajstić information content (AvgIpc) is 2.98. The molecule has 0 amide bonds. The summed E-state index contributed by atoms with van der Waals surface area (Å²) in [5, 5.41) is 10.5. The number of guanidine groups is 1. The van der Waals surface area contributed by atoms with Crippen molar-refractivity contribution >= 4 is 5.96 Å². The minimum Gasteiger partial charge on any atom is -0.357 e. The largest absolute Gasteiger partial charge is 0.357 e. The number of nitrogens with zero attached hydrogens (tertiary/aromatic N) is 3. The molecule has 130 valence electrons. The van der Waals surface area contributed by atoms with Crippen molar-refractivity contribution < 1.29 is 8.78 Å². The smallest absolute Gasteiger partial charge is 0.191 e. The van der Waals surface area contributed by atoms with Gasteiger partial charge in [-0.05, 0) is 30.5 Å². The lowest BCUT2D eigenvalue weighted by Crippen LogP contribution is -2.39. The van der Waals surface area contributed by atoms with Gasteiger partial charge in [-0.25, -0.2) is 13.8 Å². The van der Waals surface area contributed by atoms with Crippen LogP contribution < -0.4 is 10.6 Å². The van der Waals surface area contributed by atoms with E-state index >= 15 is 0 Å². The van der Waals surface area contributed by atoms with Crippen molar-refractivity contribution in [2.45, 2.75) is 26.3 Å². The number of hydrogen-bond donors (Lipinski definition) is 2. The van der Waals surface area contributed by atoms with Gasteiger partial charge in [-0.3, -0.25) is 4.68 Å². The standard InChI is InChI=1S/C17H23F2N5/c1-4-20-17(22-9-13-10-23-24(3)11-13)21-8-12(2)14-5-6-15(18)16(19)7-14/h5-7,10-12H,4,8-9H2,1-3H3,(H2,20,21,22). The van der Waals surface area contributed by atoms with E-state index in [2.05, 4.69) is 20.7 Å². The predicted octanol–water partition coefficient (Wildman–Crippen LogP) is 2.56.